The largest absolute Gasteiger partial charge is 0.459 e. The summed E-state index contributed by atoms with van der Waals surface area (Å²) < 4.78 is 13.6. The number of esters is 1. The molecule has 2 aromatic heterocycles. The summed E-state index contributed by atoms with van der Waals surface area (Å²) in [6, 6.07) is 8.45. The van der Waals surface area contributed by atoms with Crippen molar-refractivity contribution < 1.29 is 19.4 Å². The van der Waals surface area contributed by atoms with Crippen LogP contribution < -0.4 is 11.2 Å². The van der Waals surface area contributed by atoms with Crippen molar-refractivity contribution in [3.63, 3.8) is 0 Å². The Balaban J connectivity index is 1.49. The average molecular weight is 398 g/mol. The number of aromatic amines is 1. The van der Waals surface area contributed by atoms with Crippen LogP contribution in [0.4, 0.5) is 0 Å². The molecule has 0 radical (unpaired) electrons. The SMILES string of the molecule is O=C(OCC1OC(n2cc(-n3ccnc3)c(=O)[nH]c2=O)CC1O)c1ccccc1. The Kier molecular flexibility index (Phi) is 5.10. The number of imidazole rings is 1. The summed E-state index contributed by atoms with van der Waals surface area (Å²) in [6.07, 6.45) is 3.37. The second-order valence-electron chi connectivity index (χ2n) is 6.55. The highest BCUT2D eigenvalue weighted by Gasteiger charge is 2.36. The molecule has 4 rings (SSSR count). The molecule has 29 heavy (non-hydrogen) atoms. The van der Waals surface area contributed by atoms with Crippen LogP contribution in [0.25, 0.3) is 5.69 Å². The molecule has 150 valence electrons. The summed E-state index contributed by atoms with van der Waals surface area (Å²) in [5.41, 5.74) is -0.674. The summed E-state index contributed by atoms with van der Waals surface area (Å²) in [5.74, 6) is -0.534. The molecule has 1 fully saturated rings. The Labute approximate surface area is 164 Å². The van der Waals surface area contributed by atoms with E-state index in [9.17, 15) is 19.5 Å². The van der Waals surface area contributed by atoms with Crippen LogP contribution in [0, 0.1) is 0 Å². The Morgan fingerprint density at radius 3 is 2.83 bits per heavy atom. The number of aliphatic hydroxyl groups excluding tert-OH is 1. The summed E-state index contributed by atoms with van der Waals surface area (Å²) >= 11 is 0. The molecule has 3 atom stereocenters. The van der Waals surface area contributed by atoms with Gasteiger partial charge in [-0.3, -0.25) is 14.3 Å². The second kappa shape index (κ2) is 7.86. The first-order valence-electron chi connectivity index (χ1n) is 8.92. The second-order valence-corrected chi connectivity index (χ2v) is 6.55. The molecule has 3 heterocycles. The summed E-state index contributed by atoms with van der Waals surface area (Å²) in [4.78, 5) is 42.5. The topological polar surface area (TPSA) is 128 Å². The minimum Gasteiger partial charge on any atom is -0.459 e. The van der Waals surface area contributed by atoms with Gasteiger partial charge < -0.3 is 19.1 Å². The molecule has 1 aliphatic rings. The summed E-state index contributed by atoms with van der Waals surface area (Å²) in [7, 11) is 0. The average Bonchev–Trinajstić information content (AvgIpc) is 3.37. The van der Waals surface area contributed by atoms with Crippen molar-refractivity contribution in [2.45, 2.75) is 24.9 Å². The van der Waals surface area contributed by atoms with E-state index < -0.39 is 35.7 Å². The van der Waals surface area contributed by atoms with Gasteiger partial charge in [0.05, 0.1) is 18.0 Å². The third-order valence-electron chi connectivity index (χ3n) is 4.63. The lowest BCUT2D eigenvalue weighted by atomic mass is 10.2. The van der Waals surface area contributed by atoms with Crippen molar-refractivity contribution in [1.29, 1.82) is 0 Å². The van der Waals surface area contributed by atoms with E-state index in [1.165, 1.54) is 27.9 Å². The van der Waals surface area contributed by atoms with E-state index in [1.807, 2.05) is 0 Å². The first kappa shape index (κ1) is 18.8. The fourth-order valence-electron chi connectivity index (χ4n) is 3.13. The molecule has 0 spiro atoms. The van der Waals surface area contributed by atoms with Crippen LogP contribution in [-0.4, -0.2) is 49.0 Å². The summed E-state index contributed by atoms with van der Waals surface area (Å²) in [6.45, 7) is -0.169. The first-order valence-corrected chi connectivity index (χ1v) is 8.92. The van der Waals surface area contributed by atoms with Gasteiger partial charge in [-0.1, -0.05) is 18.2 Å². The number of aromatic nitrogens is 4. The maximum atomic E-state index is 12.2. The number of aliphatic hydroxyl groups is 1. The lowest BCUT2D eigenvalue weighted by Crippen LogP contribution is -2.34. The zero-order chi connectivity index (χ0) is 20.4. The Bertz CT molecular complexity index is 1110. The molecule has 3 unspecified atom stereocenters. The van der Waals surface area contributed by atoms with Crippen LogP contribution >= 0.6 is 0 Å². The number of H-pyrrole nitrogens is 1. The van der Waals surface area contributed by atoms with Gasteiger partial charge in [0.1, 0.15) is 24.6 Å². The van der Waals surface area contributed by atoms with Crippen molar-refractivity contribution in [3.05, 3.63) is 81.7 Å². The van der Waals surface area contributed by atoms with Crippen molar-refractivity contribution in [1.82, 2.24) is 19.1 Å². The number of nitrogens with one attached hydrogen (secondary N) is 1. The van der Waals surface area contributed by atoms with Crippen LogP contribution in [0.15, 0.2) is 64.8 Å². The Morgan fingerprint density at radius 1 is 1.31 bits per heavy atom. The van der Waals surface area contributed by atoms with E-state index >= 15 is 0 Å². The molecule has 0 amide bonds. The van der Waals surface area contributed by atoms with Crippen LogP contribution in [0.2, 0.25) is 0 Å². The zero-order valence-electron chi connectivity index (χ0n) is 15.2. The molecule has 3 aromatic rings. The van der Waals surface area contributed by atoms with Crippen molar-refractivity contribution in [2.75, 3.05) is 6.61 Å². The Morgan fingerprint density at radius 2 is 2.10 bits per heavy atom. The molecule has 10 heteroatoms. The van der Waals surface area contributed by atoms with Gasteiger partial charge in [0, 0.05) is 25.0 Å². The van der Waals surface area contributed by atoms with Crippen LogP contribution in [0.3, 0.4) is 0 Å². The minimum absolute atomic E-state index is 0.100. The molecule has 1 aliphatic heterocycles. The van der Waals surface area contributed by atoms with Gasteiger partial charge in [-0.25, -0.2) is 14.6 Å². The highest BCUT2D eigenvalue weighted by Crippen LogP contribution is 2.28. The van der Waals surface area contributed by atoms with Crippen LogP contribution in [-0.2, 0) is 9.47 Å². The minimum atomic E-state index is -0.945. The highest BCUT2D eigenvalue weighted by atomic mass is 16.6. The van der Waals surface area contributed by atoms with E-state index in [-0.39, 0.29) is 18.7 Å². The Hall–Kier alpha value is -3.50. The molecular formula is C19H18N4O6. The van der Waals surface area contributed by atoms with Gasteiger partial charge in [-0.15, -0.1) is 0 Å². The number of hydrogen-bond donors (Lipinski definition) is 2. The fourth-order valence-corrected chi connectivity index (χ4v) is 3.13. The predicted octanol–water partition coefficient (Wildman–Crippen LogP) is 0.228. The van der Waals surface area contributed by atoms with Gasteiger partial charge in [-0.2, -0.15) is 0 Å². The van der Waals surface area contributed by atoms with E-state index in [0.29, 0.717) is 5.56 Å². The molecular weight excluding hydrogens is 380 g/mol. The number of benzene rings is 1. The fraction of sp³-hybridized carbons (Fsp3) is 0.263. The third kappa shape index (κ3) is 3.89. The monoisotopic (exact) mass is 398 g/mol. The predicted molar refractivity (Wildman–Crippen MR) is 99.7 cm³/mol. The number of ether oxygens (including phenoxy) is 2. The van der Waals surface area contributed by atoms with Crippen molar-refractivity contribution in [3.8, 4) is 5.69 Å². The standard InChI is InChI=1S/C19H18N4O6/c24-14-8-16(29-15(14)10-28-18(26)12-4-2-1-3-5-12)23-9-13(17(25)21-19(23)27)22-7-6-20-11-22/h1-7,9,11,14-16,24H,8,10H2,(H,21,25,27). The van der Waals surface area contributed by atoms with E-state index in [0.717, 1.165) is 0 Å². The number of hydrogen-bond acceptors (Lipinski definition) is 7. The van der Waals surface area contributed by atoms with Crippen molar-refractivity contribution in [2.24, 2.45) is 0 Å². The number of nitrogens with zero attached hydrogens (tertiary/aromatic N) is 3. The smallest absolute Gasteiger partial charge is 0.338 e. The van der Waals surface area contributed by atoms with Crippen molar-refractivity contribution >= 4 is 5.97 Å². The highest BCUT2D eigenvalue weighted by molar-refractivity contribution is 5.89. The lowest BCUT2D eigenvalue weighted by Gasteiger charge is -2.17. The lowest BCUT2D eigenvalue weighted by molar-refractivity contribution is -0.0531. The summed E-state index contributed by atoms with van der Waals surface area (Å²) in [5, 5.41) is 10.3. The van der Waals surface area contributed by atoms with E-state index in [4.69, 9.17) is 9.47 Å². The maximum absolute atomic E-state index is 12.2. The van der Waals surface area contributed by atoms with Gasteiger partial charge in [0.2, 0.25) is 0 Å². The van der Waals surface area contributed by atoms with Gasteiger partial charge in [0.15, 0.2) is 0 Å². The van der Waals surface area contributed by atoms with Crippen LogP contribution in [0.5, 0.6) is 0 Å². The van der Waals surface area contributed by atoms with Gasteiger partial charge >= 0.3 is 11.7 Å². The van der Waals surface area contributed by atoms with Gasteiger partial charge in [0.25, 0.3) is 5.56 Å². The number of carbonyl (C=O) groups is 1. The van der Waals surface area contributed by atoms with Crippen LogP contribution in [0.1, 0.15) is 23.0 Å². The normalized spacial score (nSPS) is 21.2. The third-order valence-corrected chi connectivity index (χ3v) is 4.63. The van der Waals surface area contributed by atoms with Gasteiger partial charge in [-0.05, 0) is 12.1 Å². The maximum Gasteiger partial charge on any atom is 0.338 e. The number of rotatable bonds is 5. The molecule has 0 aliphatic carbocycles. The molecule has 0 bridgehead atoms. The molecule has 0 saturated carbocycles. The molecule has 2 N–H and O–H groups in total. The van der Waals surface area contributed by atoms with E-state index in [2.05, 4.69) is 9.97 Å². The quantitative estimate of drug-likeness (QED) is 0.589. The molecule has 10 nitrogen and oxygen atoms in total. The zero-order valence-corrected chi connectivity index (χ0v) is 15.2. The molecule has 1 saturated heterocycles. The first-order chi connectivity index (χ1) is 14.0. The van der Waals surface area contributed by atoms with E-state index in [1.54, 1.807) is 36.5 Å². The number of carbonyl (C=O) groups excluding carboxylic acids is 1. The molecule has 1 aromatic carbocycles.